The van der Waals surface area contributed by atoms with Gasteiger partial charge in [-0.2, -0.15) is 0 Å². The average Bonchev–Trinajstić information content (AvgIpc) is 2.49. The molecule has 0 aliphatic carbocycles. The van der Waals surface area contributed by atoms with E-state index in [1.165, 1.54) is 0 Å². The minimum absolute atomic E-state index is 0.0204. The molecule has 1 aliphatic rings. The molecule has 3 heteroatoms. The third-order valence-corrected chi connectivity index (χ3v) is 19.3. The van der Waals surface area contributed by atoms with Crippen molar-refractivity contribution in [3.05, 3.63) is 0 Å². The van der Waals surface area contributed by atoms with Crippen LogP contribution in [0.1, 0.15) is 53.4 Å². The number of hydrogen-bond donors (Lipinski definition) is 0. The molecule has 0 amide bonds. The maximum absolute atomic E-state index is 12.5. The molecule has 98 valence electrons. The Morgan fingerprint density at radius 2 is 1.24 bits per heavy atom. The molecule has 2 unspecified atom stereocenters. The van der Waals surface area contributed by atoms with Crippen molar-refractivity contribution >= 4 is 26.0 Å². The Morgan fingerprint density at radius 3 is 1.53 bits per heavy atom. The summed E-state index contributed by atoms with van der Waals surface area (Å²) in [6, 6.07) is 0. The maximum atomic E-state index is 12.5. The second-order valence-electron chi connectivity index (χ2n) is 5.60. The normalized spacial score (nSPS) is 27.8. The van der Waals surface area contributed by atoms with E-state index in [0.29, 0.717) is 7.60 Å². The zero-order chi connectivity index (χ0) is 13.1. The van der Waals surface area contributed by atoms with Crippen LogP contribution in [0.25, 0.3) is 0 Å². The van der Waals surface area contributed by atoms with Crippen LogP contribution in [0.5, 0.6) is 0 Å². The van der Waals surface area contributed by atoms with Gasteiger partial charge in [-0.15, -0.1) is 0 Å². The topological polar surface area (TPSA) is 34.1 Å². The van der Waals surface area contributed by atoms with E-state index in [0.717, 1.165) is 34.6 Å². The summed E-state index contributed by atoms with van der Waals surface area (Å²) in [5.41, 5.74) is 0. The first kappa shape index (κ1) is 15.2. The summed E-state index contributed by atoms with van der Waals surface area (Å²) in [6.45, 7) is 8.25. The van der Waals surface area contributed by atoms with E-state index >= 15 is 0 Å². The summed E-state index contributed by atoms with van der Waals surface area (Å²) < 4.78 is 2.83. The van der Waals surface area contributed by atoms with Crippen LogP contribution in [0.2, 0.25) is 8.87 Å². The van der Waals surface area contributed by atoms with Crippen LogP contribution >= 0.6 is 0 Å². The van der Waals surface area contributed by atoms with Crippen LogP contribution in [-0.4, -0.2) is 26.0 Å². The average molecular weight is 345 g/mol. The van der Waals surface area contributed by atoms with Crippen LogP contribution in [-0.2, 0) is 9.59 Å². The van der Waals surface area contributed by atoms with Crippen molar-refractivity contribution in [2.75, 3.05) is 0 Å². The molecule has 0 aromatic heterocycles. The van der Waals surface area contributed by atoms with Crippen molar-refractivity contribution in [2.45, 2.75) is 62.3 Å². The fraction of sp³-hybridized carbons (Fsp3) is 0.857. The third kappa shape index (κ3) is 2.77. The standard InChI is InChI=1S/C6H8O2.2C4H9.Sn/c1-5(3-7)6(2)4-8;2*1-3-4-2;/h5-6H,1-2H3;2*1,3-4H2,2H3;. The monoisotopic (exact) mass is 346 g/mol. The molecule has 17 heavy (non-hydrogen) atoms. The van der Waals surface area contributed by atoms with Crippen LogP contribution in [0.4, 0.5) is 0 Å². The molecule has 0 bridgehead atoms. The molecule has 0 aromatic rings. The van der Waals surface area contributed by atoms with E-state index in [-0.39, 0.29) is 11.8 Å². The molecule has 0 radical (unpaired) electrons. The molecule has 1 aliphatic heterocycles. The van der Waals surface area contributed by atoms with Gasteiger partial charge in [-0.25, -0.2) is 0 Å². The van der Waals surface area contributed by atoms with E-state index < -0.39 is 18.4 Å². The molecular weight excluding hydrogens is 319 g/mol. The summed E-state index contributed by atoms with van der Waals surface area (Å²) >= 11 is -3.14. The second kappa shape index (κ2) is 6.35. The quantitative estimate of drug-likeness (QED) is 0.690. The Labute approximate surface area is 109 Å². The van der Waals surface area contributed by atoms with Gasteiger partial charge in [-0.1, -0.05) is 0 Å². The van der Waals surface area contributed by atoms with E-state index in [1.807, 2.05) is 13.8 Å². The predicted octanol–water partition coefficient (Wildman–Crippen LogP) is 3.54. The SMILES string of the molecule is CCC[CH2][Sn]1([CH2]CCC)[C](=O)C(C)C(C)[C]1=O. The van der Waals surface area contributed by atoms with E-state index in [9.17, 15) is 9.59 Å². The van der Waals surface area contributed by atoms with Crippen LogP contribution in [0, 0.1) is 11.8 Å². The van der Waals surface area contributed by atoms with E-state index in [4.69, 9.17) is 0 Å². The van der Waals surface area contributed by atoms with Crippen molar-refractivity contribution in [2.24, 2.45) is 11.8 Å². The summed E-state index contributed by atoms with van der Waals surface area (Å²) in [5, 5.41) is 0. The molecular formula is C14H26O2Sn. The van der Waals surface area contributed by atoms with Crippen molar-refractivity contribution in [3.63, 3.8) is 0 Å². The Kier molecular flexibility index (Phi) is 5.67. The van der Waals surface area contributed by atoms with E-state index in [1.54, 1.807) is 0 Å². The molecule has 0 spiro atoms. The zero-order valence-corrected chi connectivity index (χ0v) is 14.6. The fourth-order valence-electron chi connectivity index (χ4n) is 3.02. The summed E-state index contributed by atoms with van der Waals surface area (Å²) in [6.07, 6.45) is 4.37. The van der Waals surface area contributed by atoms with Crippen LogP contribution < -0.4 is 0 Å². The Morgan fingerprint density at radius 1 is 0.882 bits per heavy atom. The van der Waals surface area contributed by atoms with Gasteiger partial charge in [0.2, 0.25) is 0 Å². The minimum atomic E-state index is -3.14. The summed E-state index contributed by atoms with van der Waals surface area (Å²) in [4.78, 5) is 25.1. The molecule has 0 saturated carbocycles. The van der Waals surface area contributed by atoms with Crippen molar-refractivity contribution in [3.8, 4) is 0 Å². The van der Waals surface area contributed by atoms with Crippen molar-refractivity contribution in [1.82, 2.24) is 0 Å². The number of carbonyl (C=O) groups is 2. The van der Waals surface area contributed by atoms with Gasteiger partial charge in [-0.3, -0.25) is 0 Å². The molecule has 0 N–H and O–H groups in total. The first-order chi connectivity index (χ1) is 8.01. The predicted molar refractivity (Wildman–Crippen MR) is 73.5 cm³/mol. The third-order valence-electron chi connectivity index (χ3n) is 4.43. The molecule has 2 nitrogen and oxygen atoms in total. The van der Waals surface area contributed by atoms with Crippen molar-refractivity contribution in [1.29, 1.82) is 0 Å². The first-order valence-electron chi connectivity index (χ1n) is 7.09. The Balaban J connectivity index is 2.95. The Hall–Kier alpha value is 0.139. The number of hydrogen-bond acceptors (Lipinski definition) is 2. The van der Waals surface area contributed by atoms with Crippen LogP contribution in [0.15, 0.2) is 0 Å². The first-order valence-corrected chi connectivity index (χ1v) is 14.0. The van der Waals surface area contributed by atoms with Gasteiger partial charge in [0.25, 0.3) is 0 Å². The van der Waals surface area contributed by atoms with Crippen LogP contribution in [0.3, 0.4) is 0 Å². The molecule has 1 heterocycles. The molecule has 1 fully saturated rings. The molecule has 1 rings (SSSR count). The van der Waals surface area contributed by atoms with Crippen molar-refractivity contribution < 1.29 is 9.59 Å². The van der Waals surface area contributed by atoms with E-state index in [2.05, 4.69) is 13.8 Å². The molecule has 0 aromatic carbocycles. The summed E-state index contributed by atoms with van der Waals surface area (Å²) in [7, 11) is 0. The Bertz CT molecular complexity index is 269. The molecule has 2 atom stereocenters. The molecule has 1 saturated heterocycles. The van der Waals surface area contributed by atoms with Gasteiger partial charge >= 0.3 is 110 Å². The summed E-state index contributed by atoms with van der Waals surface area (Å²) in [5.74, 6) is 0.0408. The number of rotatable bonds is 6. The van der Waals surface area contributed by atoms with Gasteiger partial charge in [0.15, 0.2) is 0 Å². The second-order valence-corrected chi connectivity index (χ2v) is 17.4. The zero-order valence-electron chi connectivity index (χ0n) is 11.7. The van der Waals surface area contributed by atoms with Gasteiger partial charge in [-0.05, 0) is 0 Å². The van der Waals surface area contributed by atoms with Gasteiger partial charge in [0.05, 0.1) is 0 Å². The van der Waals surface area contributed by atoms with Gasteiger partial charge < -0.3 is 0 Å². The fourth-order valence-corrected chi connectivity index (χ4v) is 19.1. The number of unbranched alkanes of at least 4 members (excludes halogenated alkanes) is 2. The van der Waals surface area contributed by atoms with Gasteiger partial charge in [0, 0.05) is 0 Å². The van der Waals surface area contributed by atoms with Gasteiger partial charge in [0.1, 0.15) is 0 Å². The number of carbonyl (C=O) groups excluding carboxylic acids is 2.